The van der Waals surface area contributed by atoms with E-state index in [2.05, 4.69) is 4.98 Å². The van der Waals surface area contributed by atoms with Crippen molar-refractivity contribution in [3.05, 3.63) is 18.3 Å². The van der Waals surface area contributed by atoms with Gasteiger partial charge in [-0.15, -0.1) is 0 Å². The normalized spacial score (nSPS) is 11.2. The summed E-state index contributed by atoms with van der Waals surface area (Å²) in [7, 11) is 1.86. The zero-order valence-electron chi connectivity index (χ0n) is 9.70. The van der Waals surface area contributed by atoms with Crippen LogP contribution >= 0.6 is 0 Å². The van der Waals surface area contributed by atoms with Gasteiger partial charge in [0, 0.05) is 13.2 Å². The summed E-state index contributed by atoms with van der Waals surface area (Å²) in [6.07, 6.45) is 1.83. The van der Waals surface area contributed by atoms with E-state index in [1.807, 2.05) is 51.0 Å². The van der Waals surface area contributed by atoms with Crippen molar-refractivity contribution in [3.63, 3.8) is 0 Å². The fraction of sp³-hybridized carbons (Fsp3) is 0.545. The van der Waals surface area contributed by atoms with Crippen molar-refractivity contribution in [2.45, 2.75) is 26.3 Å². The molecule has 0 bridgehead atoms. The highest BCUT2D eigenvalue weighted by Gasteiger charge is 2.34. The number of hydrogen-bond donors (Lipinski definition) is 1. The Balaban J connectivity index is 2.81. The van der Waals surface area contributed by atoms with Crippen LogP contribution in [-0.2, 0) is 9.53 Å². The second-order valence-corrected chi connectivity index (χ2v) is 3.89. The summed E-state index contributed by atoms with van der Waals surface area (Å²) in [5.74, 6) is 0.676. The largest absolute Gasteiger partial charge is 0.464 e. The number of likely N-dealkylation sites (N-methyl/N-ethyl adjacent to an activating group) is 1. The molecule has 1 aromatic rings. The van der Waals surface area contributed by atoms with Crippen LogP contribution in [-0.4, -0.2) is 30.1 Å². The van der Waals surface area contributed by atoms with Crippen molar-refractivity contribution >= 4 is 11.8 Å². The lowest BCUT2D eigenvalue weighted by molar-refractivity contribution is -0.148. The first-order chi connectivity index (χ1) is 7.00. The molecule has 0 aliphatic heterocycles. The minimum absolute atomic E-state index is 0.220. The highest BCUT2D eigenvalue weighted by molar-refractivity contribution is 5.83. The number of hydrogen-bond acceptors (Lipinski definition) is 3. The van der Waals surface area contributed by atoms with E-state index >= 15 is 0 Å². The summed E-state index contributed by atoms with van der Waals surface area (Å²) >= 11 is 0. The van der Waals surface area contributed by atoms with Crippen LogP contribution in [0.5, 0.6) is 0 Å². The molecule has 1 heterocycles. The van der Waals surface area contributed by atoms with Gasteiger partial charge in [0.05, 0.1) is 6.61 Å². The van der Waals surface area contributed by atoms with Gasteiger partial charge in [0.2, 0.25) is 0 Å². The highest BCUT2D eigenvalue weighted by atomic mass is 16.5. The van der Waals surface area contributed by atoms with Crippen molar-refractivity contribution in [1.29, 1.82) is 0 Å². The van der Waals surface area contributed by atoms with Crippen LogP contribution in [0.2, 0.25) is 0 Å². The lowest BCUT2D eigenvalue weighted by Crippen LogP contribution is -2.49. The van der Waals surface area contributed by atoms with Crippen LogP contribution in [0.3, 0.4) is 0 Å². The van der Waals surface area contributed by atoms with Gasteiger partial charge in [-0.25, -0.2) is 4.79 Å². The van der Waals surface area contributed by atoms with Gasteiger partial charge in [-0.2, -0.15) is 0 Å². The molecule has 0 fully saturated rings. The zero-order chi connectivity index (χ0) is 11.5. The number of nitrogens with zero attached hydrogens (tertiary/aromatic N) is 1. The van der Waals surface area contributed by atoms with Gasteiger partial charge in [-0.05, 0) is 32.9 Å². The van der Waals surface area contributed by atoms with E-state index in [0.717, 1.165) is 5.82 Å². The van der Waals surface area contributed by atoms with Gasteiger partial charge in [-0.3, -0.25) is 0 Å². The number of carbonyl (C=O) groups is 1. The summed E-state index contributed by atoms with van der Waals surface area (Å²) in [5, 5.41) is 0. The van der Waals surface area contributed by atoms with Crippen LogP contribution in [0.4, 0.5) is 5.82 Å². The molecular formula is C11H18N2O2. The first-order valence-corrected chi connectivity index (χ1v) is 5.04. The predicted molar refractivity (Wildman–Crippen MR) is 59.9 cm³/mol. The summed E-state index contributed by atoms with van der Waals surface area (Å²) in [6.45, 7) is 5.89. The van der Waals surface area contributed by atoms with Gasteiger partial charge < -0.3 is 14.6 Å². The second-order valence-electron chi connectivity index (χ2n) is 3.89. The fourth-order valence-electron chi connectivity index (χ4n) is 1.28. The Hall–Kier alpha value is -1.45. The predicted octanol–water partition coefficient (Wildman–Crippen LogP) is 1.79. The molecule has 0 aromatic carbocycles. The van der Waals surface area contributed by atoms with E-state index in [0.29, 0.717) is 6.61 Å². The Bertz CT molecular complexity index is 317. The number of anilines is 1. The Morgan fingerprint density at radius 2 is 2.27 bits per heavy atom. The monoisotopic (exact) mass is 210 g/mol. The Morgan fingerprint density at radius 3 is 2.73 bits per heavy atom. The zero-order valence-corrected chi connectivity index (χ0v) is 9.70. The van der Waals surface area contributed by atoms with Crippen molar-refractivity contribution in [1.82, 2.24) is 4.98 Å². The lowest BCUT2D eigenvalue weighted by atomic mass is 10.0. The summed E-state index contributed by atoms with van der Waals surface area (Å²) in [6, 6.07) is 3.81. The summed E-state index contributed by atoms with van der Waals surface area (Å²) < 4.78 is 5.03. The number of esters is 1. The lowest BCUT2D eigenvalue weighted by Gasteiger charge is -2.33. The van der Waals surface area contributed by atoms with Crippen LogP contribution in [0, 0.1) is 0 Å². The first kappa shape index (κ1) is 11.6. The van der Waals surface area contributed by atoms with Gasteiger partial charge in [-0.1, -0.05) is 0 Å². The molecule has 0 atom stereocenters. The van der Waals surface area contributed by atoms with Gasteiger partial charge in [0.15, 0.2) is 0 Å². The average Bonchev–Trinajstić information content (AvgIpc) is 2.69. The molecular weight excluding hydrogens is 192 g/mol. The molecule has 1 aromatic heterocycles. The van der Waals surface area contributed by atoms with Crippen LogP contribution < -0.4 is 4.90 Å². The Kier molecular flexibility index (Phi) is 3.39. The Labute approximate surface area is 90.2 Å². The number of carbonyl (C=O) groups excluding carboxylic acids is 1. The second kappa shape index (κ2) is 4.38. The standard InChI is InChI=1S/C11H18N2O2/c1-5-15-10(14)11(2,3)13(4)9-7-6-8-12-9/h6-8,12H,5H2,1-4H3. The molecule has 0 saturated carbocycles. The maximum Gasteiger partial charge on any atom is 0.331 e. The van der Waals surface area contributed by atoms with Crippen molar-refractivity contribution in [3.8, 4) is 0 Å². The van der Waals surface area contributed by atoms with E-state index in [-0.39, 0.29) is 5.97 Å². The maximum atomic E-state index is 11.7. The van der Waals surface area contributed by atoms with E-state index in [1.54, 1.807) is 0 Å². The molecule has 1 N–H and O–H groups in total. The molecule has 0 aliphatic rings. The molecule has 4 heteroatoms. The Morgan fingerprint density at radius 1 is 1.60 bits per heavy atom. The van der Waals surface area contributed by atoms with Crippen LogP contribution in [0.25, 0.3) is 0 Å². The quantitative estimate of drug-likeness (QED) is 0.771. The van der Waals surface area contributed by atoms with Crippen molar-refractivity contribution < 1.29 is 9.53 Å². The number of rotatable bonds is 4. The van der Waals surface area contributed by atoms with Crippen molar-refractivity contribution in [2.24, 2.45) is 0 Å². The first-order valence-electron chi connectivity index (χ1n) is 5.04. The molecule has 0 radical (unpaired) electrons. The van der Waals surface area contributed by atoms with E-state index in [1.165, 1.54) is 0 Å². The molecule has 0 unspecified atom stereocenters. The topological polar surface area (TPSA) is 45.3 Å². The smallest absolute Gasteiger partial charge is 0.331 e. The molecule has 15 heavy (non-hydrogen) atoms. The molecule has 4 nitrogen and oxygen atoms in total. The highest BCUT2D eigenvalue weighted by Crippen LogP contribution is 2.21. The van der Waals surface area contributed by atoms with Gasteiger partial charge in [0.25, 0.3) is 0 Å². The molecule has 0 amide bonds. The fourth-order valence-corrected chi connectivity index (χ4v) is 1.28. The molecule has 84 valence electrons. The van der Waals surface area contributed by atoms with E-state index < -0.39 is 5.54 Å². The minimum atomic E-state index is -0.666. The molecule has 0 saturated heterocycles. The SMILES string of the molecule is CCOC(=O)C(C)(C)N(C)c1ccc[nH]1. The third-order valence-corrected chi connectivity index (χ3v) is 2.56. The van der Waals surface area contributed by atoms with E-state index in [9.17, 15) is 4.79 Å². The van der Waals surface area contributed by atoms with E-state index in [4.69, 9.17) is 4.74 Å². The maximum absolute atomic E-state index is 11.7. The van der Waals surface area contributed by atoms with Crippen molar-refractivity contribution in [2.75, 3.05) is 18.6 Å². The number of ether oxygens (including phenoxy) is 1. The van der Waals surface area contributed by atoms with Crippen LogP contribution in [0.15, 0.2) is 18.3 Å². The summed E-state index contributed by atoms with van der Waals surface area (Å²) in [5.41, 5.74) is -0.666. The molecule has 1 rings (SSSR count). The van der Waals surface area contributed by atoms with Gasteiger partial charge >= 0.3 is 5.97 Å². The van der Waals surface area contributed by atoms with Crippen LogP contribution in [0.1, 0.15) is 20.8 Å². The number of H-pyrrole nitrogens is 1. The minimum Gasteiger partial charge on any atom is -0.464 e. The molecule has 0 spiro atoms. The number of aromatic nitrogens is 1. The number of aromatic amines is 1. The molecule has 0 aliphatic carbocycles. The average molecular weight is 210 g/mol. The third kappa shape index (κ3) is 2.32. The number of nitrogens with one attached hydrogen (secondary N) is 1. The third-order valence-electron chi connectivity index (χ3n) is 2.56. The summed E-state index contributed by atoms with van der Waals surface area (Å²) in [4.78, 5) is 16.6. The van der Waals surface area contributed by atoms with Gasteiger partial charge in [0.1, 0.15) is 11.4 Å².